The van der Waals surface area contributed by atoms with Crippen molar-refractivity contribution in [3.63, 3.8) is 0 Å². The Morgan fingerprint density at radius 3 is 2.55 bits per heavy atom. The molecule has 0 bridgehead atoms. The van der Waals surface area contributed by atoms with Crippen molar-refractivity contribution in [2.24, 2.45) is 0 Å². The number of sulfonamides is 1. The summed E-state index contributed by atoms with van der Waals surface area (Å²) in [7, 11) is -2.32. The maximum absolute atomic E-state index is 12.5. The molecule has 0 aromatic heterocycles. The summed E-state index contributed by atoms with van der Waals surface area (Å²) >= 11 is 0. The number of hydrogen-bond acceptors (Lipinski definition) is 4. The van der Waals surface area contributed by atoms with Crippen molar-refractivity contribution in [1.29, 1.82) is 0 Å². The summed E-state index contributed by atoms with van der Waals surface area (Å²) in [6.45, 7) is 3.01. The van der Waals surface area contributed by atoms with E-state index in [1.54, 1.807) is 26.0 Å². The van der Waals surface area contributed by atoms with Crippen molar-refractivity contribution >= 4 is 16.0 Å². The Morgan fingerprint density at radius 2 is 2.05 bits per heavy atom. The SMILES string of the molecule is COCc1cccc(S(=O)(=O)N(CC(=O)O)C(C)C)c1. The van der Waals surface area contributed by atoms with Gasteiger partial charge in [-0.3, -0.25) is 4.79 Å². The van der Waals surface area contributed by atoms with E-state index in [1.807, 2.05) is 0 Å². The average molecular weight is 301 g/mol. The maximum atomic E-state index is 12.5. The number of carbonyl (C=O) groups is 1. The van der Waals surface area contributed by atoms with Crippen molar-refractivity contribution in [2.75, 3.05) is 13.7 Å². The minimum atomic E-state index is -3.84. The monoisotopic (exact) mass is 301 g/mol. The highest BCUT2D eigenvalue weighted by molar-refractivity contribution is 7.89. The predicted octanol–water partition coefficient (Wildman–Crippen LogP) is 1.32. The molecule has 0 spiro atoms. The van der Waals surface area contributed by atoms with Crippen LogP contribution in [0.5, 0.6) is 0 Å². The molecule has 20 heavy (non-hydrogen) atoms. The Bertz CT molecular complexity index is 568. The fourth-order valence-corrected chi connectivity index (χ4v) is 3.43. The molecule has 0 atom stereocenters. The maximum Gasteiger partial charge on any atom is 0.318 e. The first-order chi connectivity index (χ1) is 9.28. The number of methoxy groups -OCH3 is 1. The Morgan fingerprint density at radius 1 is 1.40 bits per heavy atom. The van der Waals surface area contributed by atoms with Crippen LogP contribution in [0, 0.1) is 0 Å². The van der Waals surface area contributed by atoms with Crippen molar-refractivity contribution in [3.8, 4) is 0 Å². The third-order valence-electron chi connectivity index (χ3n) is 2.68. The summed E-state index contributed by atoms with van der Waals surface area (Å²) in [5.41, 5.74) is 0.715. The molecule has 1 rings (SSSR count). The molecule has 6 nitrogen and oxygen atoms in total. The molecule has 0 saturated heterocycles. The predicted molar refractivity (Wildman–Crippen MR) is 73.8 cm³/mol. The highest BCUT2D eigenvalue weighted by atomic mass is 32.2. The van der Waals surface area contributed by atoms with Gasteiger partial charge >= 0.3 is 5.97 Å². The number of benzene rings is 1. The number of aliphatic carboxylic acids is 1. The summed E-state index contributed by atoms with van der Waals surface area (Å²) in [6, 6.07) is 5.86. The molecule has 112 valence electrons. The van der Waals surface area contributed by atoms with Gasteiger partial charge in [-0.1, -0.05) is 12.1 Å². The number of hydrogen-bond donors (Lipinski definition) is 1. The number of carboxylic acids is 1. The van der Waals surface area contributed by atoms with Crippen molar-refractivity contribution in [1.82, 2.24) is 4.31 Å². The first-order valence-electron chi connectivity index (χ1n) is 6.10. The molecular weight excluding hydrogens is 282 g/mol. The van der Waals surface area contributed by atoms with E-state index in [2.05, 4.69) is 0 Å². The second kappa shape index (κ2) is 6.83. The molecule has 0 heterocycles. The molecule has 0 saturated carbocycles. The van der Waals surface area contributed by atoms with Gasteiger partial charge in [0, 0.05) is 13.2 Å². The van der Waals surface area contributed by atoms with Crippen LogP contribution in [-0.4, -0.2) is 43.5 Å². The molecule has 0 aliphatic carbocycles. The molecule has 0 unspecified atom stereocenters. The highest BCUT2D eigenvalue weighted by Crippen LogP contribution is 2.19. The van der Waals surface area contributed by atoms with E-state index in [1.165, 1.54) is 19.2 Å². The third kappa shape index (κ3) is 4.03. The van der Waals surface area contributed by atoms with Gasteiger partial charge in [0.05, 0.1) is 11.5 Å². The van der Waals surface area contributed by atoms with Crippen LogP contribution in [-0.2, 0) is 26.2 Å². The molecule has 0 aliphatic heterocycles. The van der Waals surface area contributed by atoms with Crippen LogP contribution in [0.2, 0.25) is 0 Å². The average Bonchev–Trinajstić information content (AvgIpc) is 2.36. The molecule has 0 aliphatic rings. The zero-order valence-electron chi connectivity index (χ0n) is 11.7. The van der Waals surface area contributed by atoms with Crippen molar-refractivity contribution in [3.05, 3.63) is 29.8 Å². The fraction of sp³-hybridized carbons (Fsp3) is 0.462. The topological polar surface area (TPSA) is 83.9 Å². The zero-order chi connectivity index (χ0) is 15.3. The number of carboxylic acid groups (broad SMARTS) is 1. The Balaban J connectivity index is 3.18. The van der Waals surface area contributed by atoms with Crippen LogP contribution in [0.3, 0.4) is 0 Å². The second-order valence-electron chi connectivity index (χ2n) is 4.62. The summed E-state index contributed by atoms with van der Waals surface area (Å²) in [6.07, 6.45) is 0. The normalized spacial score (nSPS) is 12.1. The van der Waals surface area contributed by atoms with Crippen molar-refractivity contribution < 1.29 is 23.1 Å². The van der Waals surface area contributed by atoms with Crippen LogP contribution in [0.25, 0.3) is 0 Å². The largest absolute Gasteiger partial charge is 0.480 e. The molecule has 0 fully saturated rings. The van der Waals surface area contributed by atoms with Crippen LogP contribution < -0.4 is 0 Å². The summed E-state index contributed by atoms with van der Waals surface area (Å²) in [4.78, 5) is 10.9. The van der Waals surface area contributed by atoms with E-state index in [-0.39, 0.29) is 4.90 Å². The lowest BCUT2D eigenvalue weighted by atomic mass is 10.2. The Labute approximate surface area is 119 Å². The van der Waals surface area contributed by atoms with Gasteiger partial charge in [0.15, 0.2) is 0 Å². The van der Waals surface area contributed by atoms with E-state index in [4.69, 9.17) is 9.84 Å². The summed E-state index contributed by atoms with van der Waals surface area (Å²) in [5, 5.41) is 8.86. The molecule has 0 amide bonds. The lowest BCUT2D eigenvalue weighted by Gasteiger charge is -2.24. The highest BCUT2D eigenvalue weighted by Gasteiger charge is 2.29. The van der Waals surface area contributed by atoms with Crippen LogP contribution in [0.4, 0.5) is 0 Å². The number of rotatable bonds is 7. The molecule has 1 aromatic carbocycles. The van der Waals surface area contributed by atoms with E-state index >= 15 is 0 Å². The molecular formula is C13H19NO5S. The van der Waals surface area contributed by atoms with Gasteiger partial charge in [-0.2, -0.15) is 4.31 Å². The van der Waals surface area contributed by atoms with Gasteiger partial charge in [0.1, 0.15) is 6.54 Å². The Hall–Kier alpha value is -1.44. The van der Waals surface area contributed by atoms with E-state index in [9.17, 15) is 13.2 Å². The molecule has 0 radical (unpaired) electrons. The van der Waals surface area contributed by atoms with Gasteiger partial charge in [-0.15, -0.1) is 0 Å². The molecule has 1 aromatic rings. The fourth-order valence-electron chi connectivity index (χ4n) is 1.78. The van der Waals surface area contributed by atoms with E-state index < -0.39 is 28.6 Å². The first kappa shape index (κ1) is 16.6. The smallest absolute Gasteiger partial charge is 0.318 e. The van der Waals surface area contributed by atoms with Crippen LogP contribution in [0.15, 0.2) is 29.2 Å². The molecule has 7 heteroatoms. The second-order valence-corrected chi connectivity index (χ2v) is 6.51. The number of nitrogens with zero attached hydrogens (tertiary/aromatic N) is 1. The van der Waals surface area contributed by atoms with Crippen molar-refractivity contribution in [2.45, 2.75) is 31.4 Å². The first-order valence-corrected chi connectivity index (χ1v) is 7.54. The zero-order valence-corrected chi connectivity index (χ0v) is 12.6. The van der Waals surface area contributed by atoms with Gasteiger partial charge in [-0.05, 0) is 31.5 Å². The lowest BCUT2D eigenvalue weighted by molar-refractivity contribution is -0.137. The van der Waals surface area contributed by atoms with Crippen LogP contribution in [0.1, 0.15) is 19.4 Å². The van der Waals surface area contributed by atoms with Gasteiger partial charge in [0.2, 0.25) is 10.0 Å². The quantitative estimate of drug-likeness (QED) is 0.821. The van der Waals surface area contributed by atoms with Gasteiger partial charge < -0.3 is 9.84 Å². The minimum absolute atomic E-state index is 0.0713. The lowest BCUT2D eigenvalue weighted by Crippen LogP contribution is -2.40. The number of ether oxygens (including phenoxy) is 1. The summed E-state index contributed by atoms with van der Waals surface area (Å²) in [5.74, 6) is -1.18. The summed E-state index contributed by atoms with van der Waals surface area (Å²) < 4.78 is 30.9. The van der Waals surface area contributed by atoms with E-state index in [0.29, 0.717) is 12.2 Å². The van der Waals surface area contributed by atoms with E-state index in [0.717, 1.165) is 4.31 Å². The van der Waals surface area contributed by atoms with Gasteiger partial charge in [0.25, 0.3) is 0 Å². The van der Waals surface area contributed by atoms with Crippen LogP contribution >= 0.6 is 0 Å². The third-order valence-corrected chi connectivity index (χ3v) is 4.70. The standard InChI is InChI=1S/C13H19NO5S/c1-10(2)14(8-13(15)16)20(17,18)12-6-4-5-11(7-12)9-19-3/h4-7,10H,8-9H2,1-3H3,(H,15,16). The van der Waals surface area contributed by atoms with Gasteiger partial charge in [-0.25, -0.2) is 8.42 Å². The molecule has 1 N–H and O–H groups in total. The minimum Gasteiger partial charge on any atom is -0.480 e. The Kier molecular flexibility index (Phi) is 5.67.